The lowest BCUT2D eigenvalue weighted by Gasteiger charge is -2.34. The second-order valence-electron chi connectivity index (χ2n) is 6.21. The molecule has 1 aromatic carbocycles. The summed E-state index contributed by atoms with van der Waals surface area (Å²) in [7, 11) is -2.59. The molecule has 0 heterocycles. The third-order valence-electron chi connectivity index (χ3n) is 4.38. The van der Waals surface area contributed by atoms with Gasteiger partial charge in [-0.2, -0.15) is 4.31 Å². The number of amides is 1. The van der Waals surface area contributed by atoms with E-state index >= 15 is 0 Å². The Hall–Kier alpha value is -1.64. The molecule has 1 saturated carbocycles. The lowest BCUT2D eigenvalue weighted by Crippen LogP contribution is -2.57. The molecule has 0 bridgehead atoms. The SMILES string of the molecule is CN(CC(=O)NC1(C(=O)O)CCCCC1)S(=O)(=O)c1ccc(Cl)cc1. The fourth-order valence-corrected chi connectivity index (χ4v) is 4.18. The van der Waals surface area contributed by atoms with E-state index in [0.717, 1.165) is 10.7 Å². The number of benzene rings is 1. The van der Waals surface area contributed by atoms with E-state index in [4.69, 9.17) is 11.6 Å². The molecule has 0 aromatic heterocycles. The number of sulfonamides is 1. The molecule has 1 aliphatic rings. The van der Waals surface area contributed by atoms with Gasteiger partial charge in [-0.15, -0.1) is 0 Å². The van der Waals surface area contributed by atoms with Crippen LogP contribution in [0.15, 0.2) is 29.2 Å². The van der Waals surface area contributed by atoms with Crippen LogP contribution >= 0.6 is 11.6 Å². The molecule has 25 heavy (non-hydrogen) atoms. The minimum atomic E-state index is -3.87. The minimum absolute atomic E-state index is 0.0119. The van der Waals surface area contributed by atoms with Gasteiger partial charge in [-0.25, -0.2) is 13.2 Å². The molecule has 0 radical (unpaired) electrons. The normalized spacial score (nSPS) is 17.2. The number of nitrogens with one attached hydrogen (secondary N) is 1. The third kappa shape index (κ3) is 4.50. The highest BCUT2D eigenvalue weighted by Gasteiger charge is 2.41. The van der Waals surface area contributed by atoms with Crippen LogP contribution in [0.2, 0.25) is 5.02 Å². The zero-order valence-corrected chi connectivity index (χ0v) is 15.4. The molecule has 1 fully saturated rings. The number of hydrogen-bond acceptors (Lipinski definition) is 4. The first-order chi connectivity index (χ1) is 11.7. The third-order valence-corrected chi connectivity index (χ3v) is 6.45. The van der Waals surface area contributed by atoms with E-state index in [0.29, 0.717) is 30.7 Å². The summed E-state index contributed by atoms with van der Waals surface area (Å²) < 4.78 is 25.8. The van der Waals surface area contributed by atoms with Crippen molar-refractivity contribution in [2.45, 2.75) is 42.5 Å². The fraction of sp³-hybridized carbons (Fsp3) is 0.500. The fourth-order valence-electron chi connectivity index (χ4n) is 2.93. The molecule has 2 rings (SSSR count). The highest BCUT2D eigenvalue weighted by Crippen LogP contribution is 2.28. The van der Waals surface area contributed by atoms with Gasteiger partial charge in [-0.3, -0.25) is 4.79 Å². The van der Waals surface area contributed by atoms with Crippen LogP contribution in [-0.4, -0.2) is 48.8 Å². The van der Waals surface area contributed by atoms with Crippen LogP contribution < -0.4 is 5.32 Å². The Morgan fingerprint density at radius 1 is 1.20 bits per heavy atom. The van der Waals surface area contributed by atoms with Crippen LogP contribution in [-0.2, 0) is 19.6 Å². The minimum Gasteiger partial charge on any atom is -0.480 e. The molecule has 0 aliphatic heterocycles. The van der Waals surface area contributed by atoms with Crippen molar-refractivity contribution >= 4 is 33.5 Å². The topological polar surface area (TPSA) is 104 Å². The molecule has 0 saturated heterocycles. The van der Waals surface area contributed by atoms with Gasteiger partial charge in [0.05, 0.1) is 11.4 Å². The Balaban J connectivity index is 2.08. The smallest absolute Gasteiger partial charge is 0.329 e. The van der Waals surface area contributed by atoms with E-state index in [-0.39, 0.29) is 4.90 Å². The number of carboxylic acid groups (broad SMARTS) is 1. The van der Waals surface area contributed by atoms with Crippen LogP contribution in [0.3, 0.4) is 0 Å². The van der Waals surface area contributed by atoms with Crippen LogP contribution in [0.5, 0.6) is 0 Å². The molecule has 7 nitrogen and oxygen atoms in total. The maximum atomic E-state index is 12.5. The summed E-state index contributed by atoms with van der Waals surface area (Å²) in [5, 5.41) is 12.4. The molecule has 0 atom stereocenters. The van der Waals surface area contributed by atoms with Gasteiger partial charge in [0.15, 0.2) is 0 Å². The van der Waals surface area contributed by atoms with Crippen LogP contribution in [0.25, 0.3) is 0 Å². The predicted molar refractivity (Wildman–Crippen MR) is 92.9 cm³/mol. The molecule has 0 spiro atoms. The second kappa shape index (κ2) is 7.72. The van der Waals surface area contributed by atoms with Gasteiger partial charge in [0.25, 0.3) is 0 Å². The summed E-state index contributed by atoms with van der Waals surface area (Å²) in [4.78, 5) is 23.9. The number of aliphatic carboxylic acids is 1. The van der Waals surface area contributed by atoms with E-state index in [1.807, 2.05) is 0 Å². The lowest BCUT2D eigenvalue weighted by atomic mass is 9.81. The first-order valence-corrected chi connectivity index (χ1v) is 9.75. The average molecular weight is 389 g/mol. The summed E-state index contributed by atoms with van der Waals surface area (Å²) in [6.45, 7) is -0.458. The summed E-state index contributed by atoms with van der Waals surface area (Å²) >= 11 is 5.75. The zero-order valence-electron chi connectivity index (χ0n) is 13.9. The monoisotopic (exact) mass is 388 g/mol. The van der Waals surface area contributed by atoms with E-state index in [1.165, 1.54) is 31.3 Å². The molecular weight excluding hydrogens is 368 g/mol. The molecule has 2 N–H and O–H groups in total. The number of rotatable bonds is 6. The largest absolute Gasteiger partial charge is 0.480 e. The van der Waals surface area contributed by atoms with Gasteiger partial charge in [0, 0.05) is 12.1 Å². The number of likely N-dealkylation sites (N-methyl/N-ethyl adjacent to an activating group) is 1. The molecule has 0 unspecified atom stereocenters. The quantitative estimate of drug-likeness (QED) is 0.774. The summed E-state index contributed by atoms with van der Waals surface area (Å²) in [5.41, 5.74) is -1.31. The van der Waals surface area contributed by atoms with Crippen molar-refractivity contribution < 1.29 is 23.1 Å². The highest BCUT2D eigenvalue weighted by molar-refractivity contribution is 7.89. The Morgan fingerprint density at radius 2 is 1.76 bits per heavy atom. The molecule has 138 valence electrons. The van der Waals surface area contributed by atoms with Crippen LogP contribution in [0.4, 0.5) is 0 Å². The van der Waals surface area contributed by atoms with Gasteiger partial charge in [0.1, 0.15) is 5.54 Å². The highest BCUT2D eigenvalue weighted by atomic mass is 35.5. The molecule has 9 heteroatoms. The standard InChI is InChI=1S/C16H21ClN2O5S/c1-19(25(23,24)13-7-5-12(17)6-8-13)11-14(20)18-16(15(21)22)9-3-2-4-10-16/h5-8H,2-4,9-11H2,1H3,(H,18,20)(H,21,22). The van der Waals surface area contributed by atoms with Gasteiger partial charge < -0.3 is 10.4 Å². The Bertz CT molecular complexity index is 742. The molecular formula is C16H21ClN2O5S. The number of nitrogens with zero attached hydrogens (tertiary/aromatic N) is 1. The summed E-state index contributed by atoms with van der Waals surface area (Å²) in [6.07, 6.45) is 3.05. The first kappa shape index (κ1) is 19.7. The number of carbonyl (C=O) groups excluding carboxylic acids is 1. The average Bonchev–Trinajstić information content (AvgIpc) is 2.55. The van der Waals surface area contributed by atoms with Gasteiger partial charge in [-0.05, 0) is 37.1 Å². The number of halogens is 1. The van der Waals surface area contributed by atoms with E-state index in [2.05, 4.69) is 5.32 Å². The van der Waals surface area contributed by atoms with Crippen molar-refractivity contribution in [1.29, 1.82) is 0 Å². The Kier molecular flexibility index (Phi) is 6.08. The van der Waals surface area contributed by atoms with E-state index < -0.39 is 34.0 Å². The summed E-state index contributed by atoms with van der Waals surface area (Å²) in [6, 6.07) is 5.60. The van der Waals surface area contributed by atoms with Gasteiger partial charge >= 0.3 is 5.97 Å². The van der Waals surface area contributed by atoms with Crippen molar-refractivity contribution in [3.05, 3.63) is 29.3 Å². The zero-order chi connectivity index (χ0) is 18.7. The molecule has 1 amide bonds. The van der Waals surface area contributed by atoms with Crippen molar-refractivity contribution in [2.75, 3.05) is 13.6 Å². The van der Waals surface area contributed by atoms with Crippen molar-refractivity contribution in [3.63, 3.8) is 0 Å². The summed E-state index contributed by atoms with van der Waals surface area (Å²) in [5.74, 6) is -1.71. The van der Waals surface area contributed by atoms with Crippen molar-refractivity contribution in [3.8, 4) is 0 Å². The molecule has 1 aliphatic carbocycles. The lowest BCUT2D eigenvalue weighted by molar-refractivity contribution is -0.149. The number of carboxylic acids is 1. The van der Waals surface area contributed by atoms with E-state index in [9.17, 15) is 23.1 Å². The maximum absolute atomic E-state index is 12.5. The first-order valence-electron chi connectivity index (χ1n) is 7.94. The maximum Gasteiger partial charge on any atom is 0.329 e. The van der Waals surface area contributed by atoms with Crippen molar-refractivity contribution in [2.24, 2.45) is 0 Å². The second-order valence-corrected chi connectivity index (χ2v) is 8.69. The Morgan fingerprint density at radius 3 is 2.28 bits per heavy atom. The Labute approximate surface area is 152 Å². The van der Waals surface area contributed by atoms with Gasteiger partial charge in [-0.1, -0.05) is 30.9 Å². The van der Waals surface area contributed by atoms with Crippen LogP contribution in [0.1, 0.15) is 32.1 Å². The predicted octanol–water partition coefficient (Wildman–Crippen LogP) is 1.86. The van der Waals surface area contributed by atoms with Crippen molar-refractivity contribution in [1.82, 2.24) is 9.62 Å². The van der Waals surface area contributed by atoms with Crippen LogP contribution in [0, 0.1) is 0 Å². The number of hydrogen-bond donors (Lipinski definition) is 2. The molecule has 1 aromatic rings. The number of carbonyl (C=O) groups is 2. The van der Waals surface area contributed by atoms with E-state index in [1.54, 1.807) is 0 Å². The van der Waals surface area contributed by atoms with Gasteiger partial charge in [0.2, 0.25) is 15.9 Å².